The van der Waals surface area contributed by atoms with Crippen molar-refractivity contribution < 1.29 is 29.1 Å². The maximum Gasteiger partial charge on any atom is 0.357 e. The van der Waals surface area contributed by atoms with Gasteiger partial charge >= 0.3 is 11.7 Å². The first-order valence-corrected chi connectivity index (χ1v) is 9.88. The number of hydrogen-bond acceptors (Lipinski definition) is 9. The van der Waals surface area contributed by atoms with Gasteiger partial charge in [0.25, 0.3) is 0 Å². The van der Waals surface area contributed by atoms with Crippen molar-refractivity contribution in [1.82, 2.24) is 9.97 Å². The number of ether oxygens (including phenoxy) is 1. The second-order valence-corrected chi connectivity index (χ2v) is 6.84. The number of para-hydroxylation sites is 2. The number of carboxylic acids is 1. The summed E-state index contributed by atoms with van der Waals surface area (Å²) in [6.07, 6.45) is 4.06. The molecule has 1 unspecified atom stereocenters. The van der Waals surface area contributed by atoms with Crippen molar-refractivity contribution >= 4 is 17.5 Å². The van der Waals surface area contributed by atoms with Gasteiger partial charge in [0.15, 0.2) is 11.4 Å². The Bertz CT molecular complexity index is 1070. The highest BCUT2D eigenvalue weighted by molar-refractivity contribution is 5.85. The first-order chi connectivity index (χ1) is 15.5. The standard InChI is InChI=1S/C21H22N4O7/c26-12-15(32-18-7-2-1-6-17(18)25(29)30)5-3-4-9-22-19-11-14(8-10-23-19)20-24-16(13-31-20)21(27)28/h1-2,6-8,10-11,13,15,26H,3-5,9,12H2,(H,22,23)(H,27,28). The third kappa shape index (κ3) is 6.01. The quantitative estimate of drug-likeness (QED) is 0.215. The van der Waals surface area contributed by atoms with E-state index >= 15 is 0 Å². The van der Waals surface area contributed by atoms with Gasteiger partial charge in [-0.25, -0.2) is 14.8 Å². The summed E-state index contributed by atoms with van der Waals surface area (Å²) in [5.41, 5.74) is 0.279. The first kappa shape index (κ1) is 22.7. The number of pyridine rings is 1. The largest absolute Gasteiger partial charge is 0.481 e. The molecule has 3 N–H and O–H groups in total. The predicted octanol–water partition coefficient (Wildman–Crippen LogP) is 3.37. The van der Waals surface area contributed by atoms with E-state index in [4.69, 9.17) is 14.3 Å². The molecule has 0 radical (unpaired) electrons. The number of hydrogen-bond donors (Lipinski definition) is 3. The molecule has 168 valence electrons. The molecule has 11 heteroatoms. The van der Waals surface area contributed by atoms with Crippen molar-refractivity contribution in [2.24, 2.45) is 0 Å². The number of carbonyl (C=O) groups is 1. The topological polar surface area (TPSA) is 161 Å². The van der Waals surface area contributed by atoms with Gasteiger partial charge in [0.05, 0.1) is 11.5 Å². The van der Waals surface area contributed by atoms with Crippen LogP contribution in [0, 0.1) is 10.1 Å². The molecule has 0 aliphatic rings. The molecule has 2 aromatic heterocycles. The Kier molecular flexibility index (Phi) is 7.70. The summed E-state index contributed by atoms with van der Waals surface area (Å²) >= 11 is 0. The van der Waals surface area contributed by atoms with Gasteiger partial charge in [-0.05, 0) is 37.5 Å². The second kappa shape index (κ2) is 10.9. The van der Waals surface area contributed by atoms with E-state index in [9.17, 15) is 20.0 Å². The van der Waals surface area contributed by atoms with Gasteiger partial charge in [-0.3, -0.25) is 10.1 Å². The van der Waals surface area contributed by atoms with Crippen molar-refractivity contribution in [3.8, 4) is 17.2 Å². The van der Waals surface area contributed by atoms with Crippen molar-refractivity contribution in [2.45, 2.75) is 25.4 Å². The maximum absolute atomic E-state index is 11.1. The molecule has 3 rings (SSSR count). The molecular weight excluding hydrogens is 420 g/mol. The van der Waals surface area contributed by atoms with Crippen LogP contribution in [0.15, 0.2) is 53.3 Å². The van der Waals surface area contributed by atoms with Crippen molar-refractivity contribution in [2.75, 3.05) is 18.5 Å². The average molecular weight is 442 g/mol. The molecule has 11 nitrogen and oxygen atoms in total. The van der Waals surface area contributed by atoms with Crippen LogP contribution in [0.4, 0.5) is 11.5 Å². The molecular formula is C21H22N4O7. The molecule has 3 aromatic rings. The van der Waals surface area contributed by atoms with Gasteiger partial charge < -0.3 is 24.7 Å². The zero-order valence-corrected chi connectivity index (χ0v) is 17.0. The Morgan fingerprint density at radius 1 is 1.28 bits per heavy atom. The average Bonchev–Trinajstić information content (AvgIpc) is 3.29. The van der Waals surface area contributed by atoms with Crippen LogP contribution in [0.3, 0.4) is 0 Å². The number of anilines is 1. The fourth-order valence-corrected chi connectivity index (χ4v) is 2.95. The number of aliphatic hydroxyl groups excluding tert-OH is 1. The minimum absolute atomic E-state index is 0.133. The van der Waals surface area contributed by atoms with Crippen LogP contribution in [0.2, 0.25) is 0 Å². The molecule has 32 heavy (non-hydrogen) atoms. The third-order valence-corrected chi connectivity index (χ3v) is 4.55. The highest BCUT2D eigenvalue weighted by Crippen LogP contribution is 2.27. The Morgan fingerprint density at radius 3 is 2.81 bits per heavy atom. The van der Waals surface area contributed by atoms with Crippen LogP contribution in [0.25, 0.3) is 11.5 Å². The number of nitrogens with zero attached hydrogens (tertiary/aromatic N) is 3. The highest BCUT2D eigenvalue weighted by Gasteiger charge is 2.18. The lowest BCUT2D eigenvalue weighted by molar-refractivity contribution is -0.386. The molecule has 1 aromatic carbocycles. The lowest BCUT2D eigenvalue weighted by atomic mass is 10.1. The number of carboxylic acid groups (broad SMARTS) is 1. The number of aromatic nitrogens is 2. The molecule has 0 aliphatic carbocycles. The maximum atomic E-state index is 11.1. The van der Waals surface area contributed by atoms with E-state index in [1.54, 1.807) is 30.5 Å². The van der Waals surface area contributed by atoms with Crippen molar-refractivity contribution in [1.29, 1.82) is 0 Å². The predicted molar refractivity (Wildman–Crippen MR) is 114 cm³/mol. The van der Waals surface area contributed by atoms with Crippen LogP contribution in [0.1, 0.15) is 29.8 Å². The number of nitrogens with one attached hydrogen (secondary N) is 1. The SMILES string of the molecule is O=C(O)c1coc(-c2ccnc(NCCCCC(CO)Oc3ccccc3[N+](=O)[O-])c2)n1. The number of aliphatic hydroxyl groups is 1. The second-order valence-electron chi connectivity index (χ2n) is 6.84. The van der Waals surface area contributed by atoms with Crippen molar-refractivity contribution in [3.63, 3.8) is 0 Å². The number of rotatable bonds is 12. The molecule has 1 atom stereocenters. The van der Waals surface area contributed by atoms with Gasteiger partial charge in [0.1, 0.15) is 18.2 Å². The van der Waals surface area contributed by atoms with E-state index in [1.165, 1.54) is 12.1 Å². The molecule has 2 heterocycles. The van der Waals surface area contributed by atoms with E-state index in [2.05, 4.69) is 15.3 Å². The number of oxazole rings is 1. The summed E-state index contributed by atoms with van der Waals surface area (Å²) in [7, 11) is 0. The monoisotopic (exact) mass is 442 g/mol. The number of nitro groups is 1. The number of unbranched alkanes of at least 4 members (excludes halogenated alkanes) is 1. The van der Waals surface area contributed by atoms with E-state index in [1.807, 2.05) is 0 Å². The molecule has 0 saturated heterocycles. The summed E-state index contributed by atoms with van der Waals surface area (Å²) in [5.74, 6) is -0.272. The first-order valence-electron chi connectivity index (χ1n) is 9.88. The number of aromatic carboxylic acids is 1. The molecule has 0 fully saturated rings. The van der Waals surface area contributed by atoms with E-state index in [-0.39, 0.29) is 29.6 Å². The zero-order valence-electron chi connectivity index (χ0n) is 17.0. The smallest absolute Gasteiger partial charge is 0.357 e. The Morgan fingerprint density at radius 2 is 2.09 bits per heavy atom. The molecule has 0 aliphatic heterocycles. The van der Waals surface area contributed by atoms with Crippen LogP contribution in [-0.4, -0.2) is 50.3 Å². The van der Waals surface area contributed by atoms with Gasteiger partial charge in [-0.2, -0.15) is 0 Å². The summed E-state index contributed by atoms with van der Waals surface area (Å²) in [5, 5.41) is 32.7. The number of nitro benzene ring substituents is 1. The fraction of sp³-hybridized carbons (Fsp3) is 0.286. The minimum Gasteiger partial charge on any atom is -0.481 e. The van der Waals surface area contributed by atoms with Gasteiger partial charge in [-0.15, -0.1) is 0 Å². The summed E-state index contributed by atoms with van der Waals surface area (Å²) in [6.45, 7) is 0.337. The van der Waals surface area contributed by atoms with Crippen LogP contribution in [0.5, 0.6) is 5.75 Å². The van der Waals surface area contributed by atoms with Gasteiger partial charge in [0, 0.05) is 24.4 Å². The van der Waals surface area contributed by atoms with Crippen LogP contribution >= 0.6 is 0 Å². The molecule has 0 amide bonds. The van der Waals surface area contributed by atoms with Gasteiger partial charge in [-0.1, -0.05) is 12.1 Å². The van der Waals surface area contributed by atoms with Crippen LogP contribution in [-0.2, 0) is 0 Å². The van der Waals surface area contributed by atoms with E-state index < -0.39 is 17.0 Å². The normalized spacial score (nSPS) is 11.7. The van der Waals surface area contributed by atoms with Crippen LogP contribution < -0.4 is 10.1 Å². The molecule has 0 bridgehead atoms. The fourth-order valence-electron chi connectivity index (χ4n) is 2.95. The Hall–Kier alpha value is -3.99. The molecule has 0 saturated carbocycles. The highest BCUT2D eigenvalue weighted by atomic mass is 16.6. The molecule has 0 spiro atoms. The lowest BCUT2D eigenvalue weighted by Gasteiger charge is -2.16. The summed E-state index contributed by atoms with van der Waals surface area (Å²) < 4.78 is 10.8. The van der Waals surface area contributed by atoms with E-state index in [0.29, 0.717) is 30.8 Å². The lowest BCUT2D eigenvalue weighted by Crippen LogP contribution is -2.21. The van der Waals surface area contributed by atoms with Crippen molar-refractivity contribution in [3.05, 3.63) is 64.7 Å². The minimum atomic E-state index is -1.17. The Labute approximate surface area is 182 Å². The van der Waals surface area contributed by atoms with Gasteiger partial charge in [0.2, 0.25) is 5.89 Å². The summed E-state index contributed by atoms with van der Waals surface area (Å²) in [6, 6.07) is 9.42. The third-order valence-electron chi connectivity index (χ3n) is 4.55. The van der Waals surface area contributed by atoms with E-state index in [0.717, 1.165) is 12.7 Å². The summed E-state index contributed by atoms with van der Waals surface area (Å²) in [4.78, 5) is 29.6. The zero-order chi connectivity index (χ0) is 22.9. The number of benzene rings is 1. The Balaban J connectivity index is 1.47.